The van der Waals surface area contributed by atoms with Crippen LogP contribution in [-0.2, 0) is 21.0 Å². The first-order chi connectivity index (χ1) is 13.2. The van der Waals surface area contributed by atoms with Gasteiger partial charge in [-0.3, -0.25) is 14.6 Å². The van der Waals surface area contributed by atoms with Gasteiger partial charge in [-0.15, -0.1) is 0 Å². The fraction of sp³-hybridized carbons (Fsp3) is 0.600. The molecule has 2 aliphatic heterocycles. The Kier molecular flexibility index (Phi) is 5.09. The standard InChI is InChI=1S/C20H26N4O3/c25-18(22-13-15-5-3-9-21-12-15)17-11-20(27-23-17)8-4-10-24(14-20)19(26)16-6-1-2-7-16/h3,5,9,12,16H,1-2,4,6-8,10-11,13-14H2,(H,22,25). The third-order valence-electron chi connectivity index (χ3n) is 5.83. The number of carbonyl (C=O) groups excluding carboxylic acids is 2. The van der Waals surface area contributed by atoms with Gasteiger partial charge in [0.1, 0.15) is 5.71 Å². The molecule has 1 aromatic rings. The van der Waals surface area contributed by atoms with E-state index in [1.54, 1.807) is 12.4 Å². The molecule has 1 saturated carbocycles. The second kappa shape index (κ2) is 7.66. The number of nitrogens with one attached hydrogen (secondary N) is 1. The van der Waals surface area contributed by atoms with Gasteiger partial charge in [-0.25, -0.2) is 0 Å². The highest BCUT2D eigenvalue weighted by Gasteiger charge is 2.46. The molecule has 1 N–H and O–H groups in total. The first-order valence-corrected chi connectivity index (χ1v) is 9.86. The molecule has 3 heterocycles. The van der Waals surface area contributed by atoms with E-state index in [1.165, 1.54) is 0 Å². The lowest BCUT2D eigenvalue weighted by atomic mass is 9.87. The van der Waals surface area contributed by atoms with Gasteiger partial charge in [0.05, 0.1) is 6.54 Å². The Morgan fingerprint density at radius 1 is 1.30 bits per heavy atom. The molecule has 0 aromatic carbocycles. The lowest BCUT2D eigenvalue weighted by Gasteiger charge is -2.39. The van der Waals surface area contributed by atoms with Crippen LogP contribution in [0.2, 0.25) is 0 Å². The number of hydrogen-bond donors (Lipinski definition) is 1. The van der Waals surface area contributed by atoms with Crippen molar-refractivity contribution in [2.75, 3.05) is 13.1 Å². The van der Waals surface area contributed by atoms with Crippen LogP contribution in [0.15, 0.2) is 29.7 Å². The van der Waals surface area contributed by atoms with Gasteiger partial charge >= 0.3 is 0 Å². The van der Waals surface area contributed by atoms with Crippen molar-refractivity contribution in [3.05, 3.63) is 30.1 Å². The maximum absolute atomic E-state index is 12.8. The summed E-state index contributed by atoms with van der Waals surface area (Å²) in [6, 6.07) is 3.75. The monoisotopic (exact) mass is 370 g/mol. The second-order valence-corrected chi connectivity index (χ2v) is 7.88. The van der Waals surface area contributed by atoms with Gasteiger partial charge < -0.3 is 15.1 Å². The zero-order chi connectivity index (χ0) is 18.7. The summed E-state index contributed by atoms with van der Waals surface area (Å²) in [7, 11) is 0. The van der Waals surface area contributed by atoms with Crippen molar-refractivity contribution in [1.29, 1.82) is 0 Å². The van der Waals surface area contributed by atoms with Crippen LogP contribution >= 0.6 is 0 Å². The number of carbonyl (C=O) groups is 2. The van der Waals surface area contributed by atoms with E-state index in [1.807, 2.05) is 17.0 Å². The van der Waals surface area contributed by atoms with Crippen molar-refractivity contribution in [3.8, 4) is 0 Å². The van der Waals surface area contributed by atoms with Crippen LogP contribution in [0.25, 0.3) is 0 Å². The van der Waals surface area contributed by atoms with E-state index in [-0.39, 0.29) is 17.7 Å². The van der Waals surface area contributed by atoms with Crippen LogP contribution < -0.4 is 5.32 Å². The minimum Gasteiger partial charge on any atom is -0.386 e. The molecule has 7 heteroatoms. The number of oxime groups is 1. The van der Waals surface area contributed by atoms with Crippen LogP contribution in [0.5, 0.6) is 0 Å². The average Bonchev–Trinajstić information content (AvgIpc) is 3.37. The fourth-order valence-electron chi connectivity index (χ4n) is 4.37. The second-order valence-electron chi connectivity index (χ2n) is 7.88. The van der Waals surface area contributed by atoms with E-state index in [4.69, 9.17) is 4.84 Å². The van der Waals surface area contributed by atoms with Crippen molar-refractivity contribution in [3.63, 3.8) is 0 Å². The molecule has 1 unspecified atom stereocenters. The first kappa shape index (κ1) is 17.9. The maximum Gasteiger partial charge on any atom is 0.269 e. The first-order valence-electron chi connectivity index (χ1n) is 9.86. The number of nitrogens with zero attached hydrogens (tertiary/aromatic N) is 3. The van der Waals surface area contributed by atoms with Crippen LogP contribution in [0.1, 0.15) is 50.5 Å². The molecule has 0 bridgehead atoms. The van der Waals surface area contributed by atoms with E-state index in [0.29, 0.717) is 25.2 Å². The molecule has 2 amide bonds. The van der Waals surface area contributed by atoms with E-state index >= 15 is 0 Å². The molecule has 1 aromatic heterocycles. The topological polar surface area (TPSA) is 83.9 Å². The normalized spacial score (nSPS) is 25.3. The largest absolute Gasteiger partial charge is 0.386 e. The van der Waals surface area contributed by atoms with Gasteiger partial charge in [0.2, 0.25) is 5.91 Å². The van der Waals surface area contributed by atoms with Crippen molar-refractivity contribution >= 4 is 17.5 Å². The molecule has 7 nitrogen and oxygen atoms in total. The lowest BCUT2D eigenvalue weighted by Crippen LogP contribution is -2.52. The van der Waals surface area contributed by atoms with Gasteiger partial charge in [-0.1, -0.05) is 24.1 Å². The molecular formula is C20H26N4O3. The highest BCUT2D eigenvalue weighted by Crippen LogP contribution is 2.35. The highest BCUT2D eigenvalue weighted by atomic mass is 16.7. The number of piperidine rings is 1. The third kappa shape index (κ3) is 3.96. The van der Waals surface area contributed by atoms with Crippen LogP contribution in [0.4, 0.5) is 0 Å². The highest BCUT2D eigenvalue weighted by molar-refractivity contribution is 6.39. The Morgan fingerprint density at radius 3 is 2.93 bits per heavy atom. The van der Waals surface area contributed by atoms with E-state index in [2.05, 4.69) is 15.5 Å². The van der Waals surface area contributed by atoms with Gasteiger partial charge in [0, 0.05) is 37.8 Å². The minimum absolute atomic E-state index is 0.171. The van der Waals surface area contributed by atoms with Crippen LogP contribution in [0.3, 0.4) is 0 Å². The lowest BCUT2D eigenvalue weighted by molar-refractivity contribution is -0.144. The van der Waals surface area contributed by atoms with Gasteiger partial charge in [-0.2, -0.15) is 0 Å². The Balaban J connectivity index is 1.32. The number of aromatic nitrogens is 1. The van der Waals surface area contributed by atoms with Gasteiger partial charge in [0.15, 0.2) is 5.60 Å². The van der Waals surface area contributed by atoms with Crippen molar-refractivity contribution in [1.82, 2.24) is 15.2 Å². The van der Waals surface area contributed by atoms with Gasteiger partial charge in [0.25, 0.3) is 5.91 Å². The molecule has 1 saturated heterocycles. The molecule has 1 spiro atoms. The Labute approximate surface area is 159 Å². The van der Waals surface area contributed by atoms with Crippen molar-refractivity contribution in [2.24, 2.45) is 11.1 Å². The van der Waals surface area contributed by atoms with E-state index in [0.717, 1.165) is 50.6 Å². The summed E-state index contributed by atoms with van der Waals surface area (Å²) < 4.78 is 0. The summed E-state index contributed by atoms with van der Waals surface area (Å²) in [6.45, 7) is 1.72. The van der Waals surface area contributed by atoms with Crippen LogP contribution in [-0.4, -0.2) is 46.1 Å². The Hall–Kier alpha value is -2.44. The maximum atomic E-state index is 12.8. The molecule has 27 heavy (non-hydrogen) atoms. The summed E-state index contributed by atoms with van der Waals surface area (Å²) in [5.74, 6) is 0.212. The van der Waals surface area contributed by atoms with Crippen molar-refractivity contribution in [2.45, 2.75) is 57.1 Å². The molecule has 2 fully saturated rings. The Bertz CT molecular complexity index is 730. The fourth-order valence-corrected chi connectivity index (χ4v) is 4.37. The van der Waals surface area contributed by atoms with E-state index < -0.39 is 5.60 Å². The zero-order valence-corrected chi connectivity index (χ0v) is 15.5. The molecule has 144 valence electrons. The molecule has 1 aliphatic carbocycles. The summed E-state index contributed by atoms with van der Waals surface area (Å²) in [6.07, 6.45) is 9.90. The molecular weight excluding hydrogens is 344 g/mol. The number of likely N-dealkylation sites (tertiary alicyclic amines) is 1. The summed E-state index contributed by atoms with van der Waals surface area (Å²) >= 11 is 0. The molecule has 3 aliphatic rings. The average molecular weight is 370 g/mol. The predicted molar refractivity (Wildman–Crippen MR) is 99.7 cm³/mol. The quantitative estimate of drug-likeness (QED) is 0.879. The van der Waals surface area contributed by atoms with Crippen LogP contribution in [0, 0.1) is 5.92 Å². The number of amides is 2. The summed E-state index contributed by atoms with van der Waals surface area (Å²) in [5.41, 5.74) is 0.813. The number of rotatable bonds is 4. The van der Waals surface area contributed by atoms with Gasteiger partial charge in [-0.05, 0) is 37.3 Å². The zero-order valence-electron chi connectivity index (χ0n) is 15.5. The number of hydrogen-bond acceptors (Lipinski definition) is 5. The molecule has 4 rings (SSSR count). The minimum atomic E-state index is -0.534. The molecule has 0 radical (unpaired) electrons. The Morgan fingerprint density at radius 2 is 2.15 bits per heavy atom. The van der Waals surface area contributed by atoms with E-state index in [9.17, 15) is 9.59 Å². The number of pyridine rings is 1. The summed E-state index contributed by atoms with van der Waals surface area (Å²) in [5, 5.41) is 6.94. The SMILES string of the molecule is O=C(NCc1cccnc1)C1=NOC2(CCCN(C(=O)C3CCCC3)C2)C1. The smallest absolute Gasteiger partial charge is 0.269 e. The third-order valence-corrected chi connectivity index (χ3v) is 5.83. The predicted octanol–water partition coefficient (Wildman–Crippen LogP) is 2.03. The summed E-state index contributed by atoms with van der Waals surface area (Å²) in [4.78, 5) is 36.9. The molecule has 1 atom stereocenters. The van der Waals surface area contributed by atoms with Crippen molar-refractivity contribution < 1.29 is 14.4 Å².